The summed E-state index contributed by atoms with van der Waals surface area (Å²) >= 11 is 12.3. The molecule has 0 spiro atoms. The van der Waals surface area contributed by atoms with Gasteiger partial charge in [0.05, 0.1) is 21.5 Å². The van der Waals surface area contributed by atoms with Crippen LogP contribution < -0.4 is 5.56 Å². The lowest BCUT2D eigenvalue weighted by Crippen LogP contribution is -2.13. The van der Waals surface area contributed by atoms with Crippen molar-refractivity contribution in [2.75, 3.05) is 5.75 Å². The van der Waals surface area contributed by atoms with Crippen LogP contribution in [0.4, 0.5) is 4.39 Å². The number of aliphatic carboxylic acids is 1. The highest BCUT2D eigenvalue weighted by Gasteiger charge is 2.12. The van der Waals surface area contributed by atoms with Gasteiger partial charge in [-0.15, -0.1) is 0 Å². The number of rotatable bonds is 4. The Morgan fingerprint density at radius 2 is 2.00 bits per heavy atom. The fourth-order valence-corrected chi connectivity index (χ4v) is 2.68. The minimum absolute atomic E-state index is 0.142. The van der Waals surface area contributed by atoms with Crippen molar-refractivity contribution in [3.63, 3.8) is 0 Å². The van der Waals surface area contributed by atoms with Crippen molar-refractivity contribution in [3.05, 3.63) is 50.6 Å². The maximum Gasteiger partial charge on any atom is 0.313 e. The molecule has 1 aromatic heterocycles. The van der Waals surface area contributed by atoms with Crippen molar-refractivity contribution in [2.24, 2.45) is 0 Å². The summed E-state index contributed by atoms with van der Waals surface area (Å²) in [5.74, 6) is -2.09. The van der Waals surface area contributed by atoms with Gasteiger partial charge in [-0.25, -0.2) is 4.39 Å². The van der Waals surface area contributed by atoms with Crippen molar-refractivity contribution in [2.45, 2.75) is 5.16 Å². The number of hydrogen-bond donors (Lipinski definition) is 1. The van der Waals surface area contributed by atoms with Crippen LogP contribution in [0, 0.1) is 5.82 Å². The van der Waals surface area contributed by atoms with E-state index in [0.717, 1.165) is 11.8 Å². The molecule has 0 amide bonds. The molecule has 110 valence electrons. The summed E-state index contributed by atoms with van der Waals surface area (Å²) in [5, 5.41) is 8.47. The van der Waals surface area contributed by atoms with E-state index < -0.39 is 17.3 Å². The van der Waals surface area contributed by atoms with Crippen LogP contribution >= 0.6 is 35.0 Å². The summed E-state index contributed by atoms with van der Waals surface area (Å²) in [6, 6.07) is 3.80. The minimum atomic E-state index is -1.06. The summed E-state index contributed by atoms with van der Waals surface area (Å²) < 4.78 is 14.8. The third-order valence-corrected chi connectivity index (χ3v) is 3.84. The predicted octanol–water partition coefficient (Wildman–Crippen LogP) is 2.86. The number of halogens is 3. The van der Waals surface area contributed by atoms with E-state index in [1.807, 2.05) is 0 Å². The lowest BCUT2D eigenvalue weighted by atomic mass is 10.3. The average molecular weight is 349 g/mol. The molecule has 21 heavy (non-hydrogen) atoms. The van der Waals surface area contributed by atoms with Crippen molar-refractivity contribution in [1.82, 2.24) is 9.55 Å². The van der Waals surface area contributed by atoms with Gasteiger partial charge in [-0.3, -0.25) is 14.2 Å². The highest BCUT2D eigenvalue weighted by molar-refractivity contribution is 7.99. The lowest BCUT2D eigenvalue weighted by Gasteiger charge is -2.12. The number of carbonyl (C=O) groups is 1. The van der Waals surface area contributed by atoms with Gasteiger partial charge in [-0.2, -0.15) is 4.98 Å². The molecule has 1 N–H and O–H groups in total. The van der Waals surface area contributed by atoms with E-state index in [9.17, 15) is 14.0 Å². The third-order valence-electron chi connectivity index (χ3n) is 2.35. The van der Waals surface area contributed by atoms with Crippen LogP contribution in [-0.4, -0.2) is 26.4 Å². The SMILES string of the molecule is O=C(O)CSc1nc(=O)ccn1-c1cc(Cl)c(F)c(Cl)c1. The molecule has 0 saturated carbocycles. The van der Waals surface area contributed by atoms with Crippen molar-refractivity contribution >= 4 is 40.9 Å². The number of aromatic nitrogens is 2. The molecule has 1 aromatic carbocycles. The standard InChI is InChI=1S/C12H7Cl2FN2O3S/c13-7-3-6(4-8(14)11(7)15)17-2-1-9(18)16-12(17)21-5-10(19)20/h1-4H,5H2,(H,19,20). The molecule has 0 fully saturated rings. The van der Waals surface area contributed by atoms with Gasteiger partial charge in [0, 0.05) is 12.3 Å². The Hall–Kier alpha value is -1.57. The topological polar surface area (TPSA) is 72.2 Å². The zero-order valence-corrected chi connectivity index (χ0v) is 12.5. The second-order valence-corrected chi connectivity index (χ2v) is 5.58. The van der Waals surface area contributed by atoms with E-state index in [1.54, 1.807) is 0 Å². The van der Waals surface area contributed by atoms with Gasteiger partial charge >= 0.3 is 5.97 Å². The Labute approximate surface area is 132 Å². The zero-order valence-electron chi connectivity index (χ0n) is 10.2. The normalized spacial score (nSPS) is 10.6. The van der Waals surface area contributed by atoms with Crippen LogP contribution in [0.1, 0.15) is 0 Å². The van der Waals surface area contributed by atoms with Crippen LogP contribution in [0.2, 0.25) is 10.0 Å². The summed E-state index contributed by atoms with van der Waals surface area (Å²) in [6.45, 7) is 0. The van der Waals surface area contributed by atoms with Gasteiger partial charge in [0.25, 0.3) is 5.56 Å². The number of thioether (sulfide) groups is 1. The number of carboxylic acid groups (broad SMARTS) is 1. The molecule has 9 heteroatoms. The lowest BCUT2D eigenvalue weighted by molar-refractivity contribution is -0.133. The van der Waals surface area contributed by atoms with E-state index in [0.29, 0.717) is 5.69 Å². The number of hydrogen-bond acceptors (Lipinski definition) is 4. The minimum Gasteiger partial charge on any atom is -0.481 e. The molecule has 0 radical (unpaired) electrons. The molecule has 5 nitrogen and oxygen atoms in total. The van der Waals surface area contributed by atoms with Gasteiger partial charge in [0.1, 0.15) is 0 Å². The van der Waals surface area contributed by atoms with Crippen LogP contribution in [0.3, 0.4) is 0 Å². The van der Waals surface area contributed by atoms with Crippen LogP contribution in [-0.2, 0) is 4.79 Å². The summed E-state index contributed by atoms with van der Waals surface area (Å²) in [4.78, 5) is 25.7. The van der Waals surface area contributed by atoms with E-state index in [1.165, 1.54) is 29.0 Å². The molecule has 0 atom stereocenters. The Morgan fingerprint density at radius 3 is 2.57 bits per heavy atom. The number of nitrogens with zero attached hydrogens (tertiary/aromatic N) is 2. The maximum atomic E-state index is 13.4. The Morgan fingerprint density at radius 1 is 1.38 bits per heavy atom. The van der Waals surface area contributed by atoms with Gasteiger partial charge in [-0.05, 0) is 12.1 Å². The van der Waals surface area contributed by atoms with E-state index in [2.05, 4.69) is 4.98 Å². The molecular formula is C12H7Cl2FN2O3S. The molecule has 0 aliphatic heterocycles. The fourth-order valence-electron chi connectivity index (χ4n) is 1.49. The fraction of sp³-hybridized carbons (Fsp3) is 0.0833. The monoisotopic (exact) mass is 348 g/mol. The summed E-state index contributed by atoms with van der Waals surface area (Å²) in [7, 11) is 0. The van der Waals surface area contributed by atoms with Crippen molar-refractivity contribution < 1.29 is 14.3 Å². The molecule has 0 aliphatic carbocycles. The quantitative estimate of drug-likeness (QED) is 0.522. The van der Waals surface area contributed by atoms with E-state index >= 15 is 0 Å². The largest absolute Gasteiger partial charge is 0.481 e. The van der Waals surface area contributed by atoms with Crippen LogP contribution in [0.15, 0.2) is 34.3 Å². The van der Waals surface area contributed by atoms with E-state index in [-0.39, 0.29) is 21.0 Å². The Bertz CT molecular complexity index is 743. The van der Waals surface area contributed by atoms with Crippen molar-refractivity contribution in [1.29, 1.82) is 0 Å². The number of benzene rings is 1. The average Bonchev–Trinajstić information content (AvgIpc) is 2.42. The summed E-state index contributed by atoms with van der Waals surface area (Å²) in [5.41, 5.74) is -0.148. The molecule has 0 aliphatic rings. The van der Waals surface area contributed by atoms with Gasteiger partial charge in [0.15, 0.2) is 11.0 Å². The molecule has 1 heterocycles. The van der Waals surface area contributed by atoms with Crippen molar-refractivity contribution in [3.8, 4) is 5.69 Å². The predicted molar refractivity (Wildman–Crippen MR) is 78.2 cm³/mol. The molecule has 2 aromatic rings. The zero-order chi connectivity index (χ0) is 15.6. The smallest absolute Gasteiger partial charge is 0.313 e. The van der Waals surface area contributed by atoms with Gasteiger partial charge in [0.2, 0.25) is 0 Å². The second kappa shape index (κ2) is 6.46. The van der Waals surface area contributed by atoms with Gasteiger partial charge in [-0.1, -0.05) is 35.0 Å². The van der Waals surface area contributed by atoms with Crippen LogP contribution in [0.25, 0.3) is 5.69 Å². The van der Waals surface area contributed by atoms with Gasteiger partial charge < -0.3 is 5.11 Å². The summed E-state index contributed by atoms with van der Waals surface area (Å²) in [6.07, 6.45) is 1.39. The third kappa shape index (κ3) is 3.75. The first-order chi connectivity index (χ1) is 9.88. The molecule has 2 rings (SSSR count). The highest BCUT2D eigenvalue weighted by Crippen LogP contribution is 2.28. The first kappa shape index (κ1) is 15.8. The Balaban J connectivity index is 2.52. The number of carboxylic acids is 1. The second-order valence-electron chi connectivity index (χ2n) is 3.82. The van der Waals surface area contributed by atoms with E-state index in [4.69, 9.17) is 28.3 Å². The maximum absolute atomic E-state index is 13.4. The highest BCUT2D eigenvalue weighted by atomic mass is 35.5. The molecule has 0 unspecified atom stereocenters. The molecular weight excluding hydrogens is 342 g/mol. The molecule has 0 saturated heterocycles. The Kier molecular flexibility index (Phi) is 4.87. The molecule has 0 bridgehead atoms. The van der Waals surface area contributed by atoms with Crippen LogP contribution in [0.5, 0.6) is 0 Å². The first-order valence-electron chi connectivity index (χ1n) is 5.47. The first-order valence-corrected chi connectivity index (χ1v) is 7.22.